The number of amides is 1. The van der Waals surface area contributed by atoms with Gasteiger partial charge < -0.3 is 19.5 Å². The van der Waals surface area contributed by atoms with Gasteiger partial charge in [-0.2, -0.15) is 11.8 Å². The van der Waals surface area contributed by atoms with Crippen LogP contribution in [-0.4, -0.2) is 73.5 Å². The smallest absolute Gasteiger partial charge is 0.408 e. The topological polar surface area (TPSA) is 77.1 Å². The van der Waals surface area contributed by atoms with Gasteiger partial charge in [0.25, 0.3) is 0 Å². The molecular weight excluding hydrogens is 392 g/mol. The van der Waals surface area contributed by atoms with Crippen molar-refractivity contribution in [1.29, 1.82) is 0 Å². The summed E-state index contributed by atoms with van der Waals surface area (Å²) in [5.41, 5.74) is -0.284. The third kappa shape index (κ3) is 7.87. The van der Waals surface area contributed by atoms with Crippen molar-refractivity contribution in [3.05, 3.63) is 35.9 Å². The Labute approximate surface area is 177 Å². The standard InChI is InChI=1S/C21H32N2O5S/c1-17(2)28-19(24)21(9-14-29-3,16-23-10-12-26-13-11-23)22-20(25)27-15-18-7-5-4-6-8-18/h4-8,17H,9-16H2,1-3H3,(H,22,25)/t21-/m1/s1. The van der Waals surface area contributed by atoms with Crippen molar-refractivity contribution < 1.29 is 23.8 Å². The van der Waals surface area contributed by atoms with E-state index in [1.807, 2.05) is 36.6 Å². The Hall–Kier alpha value is -1.77. The van der Waals surface area contributed by atoms with E-state index in [2.05, 4.69) is 10.2 Å². The summed E-state index contributed by atoms with van der Waals surface area (Å²) in [5.74, 6) is 0.279. The average molecular weight is 425 g/mol. The van der Waals surface area contributed by atoms with Crippen LogP contribution in [0.2, 0.25) is 0 Å². The van der Waals surface area contributed by atoms with Gasteiger partial charge in [0.1, 0.15) is 6.61 Å². The summed E-state index contributed by atoms with van der Waals surface area (Å²) in [6.07, 6.45) is 1.53. The molecule has 0 spiro atoms. The van der Waals surface area contributed by atoms with E-state index in [0.717, 1.165) is 5.56 Å². The van der Waals surface area contributed by atoms with Crippen molar-refractivity contribution in [2.24, 2.45) is 0 Å². The molecule has 2 rings (SSSR count). The maximum Gasteiger partial charge on any atom is 0.408 e. The summed E-state index contributed by atoms with van der Waals surface area (Å²) in [7, 11) is 0. The number of rotatable bonds is 10. The number of hydrogen-bond donors (Lipinski definition) is 1. The number of morpholine rings is 1. The molecule has 0 aliphatic carbocycles. The summed E-state index contributed by atoms with van der Waals surface area (Å²) >= 11 is 1.62. The number of alkyl carbamates (subject to hydrolysis) is 1. The fourth-order valence-corrected chi connectivity index (χ4v) is 3.65. The highest BCUT2D eigenvalue weighted by molar-refractivity contribution is 7.98. The molecule has 29 heavy (non-hydrogen) atoms. The van der Waals surface area contributed by atoms with Gasteiger partial charge in [-0.1, -0.05) is 30.3 Å². The first-order valence-electron chi connectivity index (χ1n) is 9.94. The van der Waals surface area contributed by atoms with Gasteiger partial charge in [0.05, 0.1) is 19.3 Å². The summed E-state index contributed by atoms with van der Waals surface area (Å²) in [5, 5.41) is 2.86. The number of benzene rings is 1. The lowest BCUT2D eigenvalue weighted by Crippen LogP contribution is -2.63. The Bertz CT molecular complexity index is 637. The molecule has 1 amide bonds. The molecule has 1 heterocycles. The summed E-state index contributed by atoms with van der Waals surface area (Å²) < 4.78 is 16.4. The number of hydrogen-bond acceptors (Lipinski definition) is 7. The van der Waals surface area contributed by atoms with Crippen molar-refractivity contribution in [2.75, 3.05) is 44.9 Å². The van der Waals surface area contributed by atoms with Crippen LogP contribution >= 0.6 is 11.8 Å². The van der Waals surface area contributed by atoms with Crippen LogP contribution in [-0.2, 0) is 25.6 Å². The lowest BCUT2D eigenvalue weighted by atomic mass is 9.94. The third-order valence-electron chi connectivity index (χ3n) is 4.62. The van der Waals surface area contributed by atoms with Crippen LogP contribution < -0.4 is 5.32 Å². The van der Waals surface area contributed by atoms with E-state index in [-0.39, 0.29) is 12.7 Å². The zero-order valence-electron chi connectivity index (χ0n) is 17.5. The third-order valence-corrected chi connectivity index (χ3v) is 5.23. The molecule has 0 radical (unpaired) electrons. The summed E-state index contributed by atoms with van der Waals surface area (Å²) in [6, 6.07) is 9.45. The molecular formula is C21H32N2O5S. The van der Waals surface area contributed by atoms with Gasteiger partial charge in [-0.25, -0.2) is 9.59 Å². The van der Waals surface area contributed by atoms with E-state index in [0.29, 0.717) is 45.0 Å². The van der Waals surface area contributed by atoms with Gasteiger partial charge in [0.2, 0.25) is 0 Å². The van der Waals surface area contributed by atoms with E-state index < -0.39 is 17.6 Å². The second-order valence-electron chi connectivity index (χ2n) is 7.35. The highest BCUT2D eigenvalue weighted by Crippen LogP contribution is 2.20. The van der Waals surface area contributed by atoms with E-state index in [1.165, 1.54) is 0 Å². The first kappa shape index (κ1) is 23.5. The molecule has 162 valence electrons. The number of ether oxygens (including phenoxy) is 3. The maximum absolute atomic E-state index is 13.1. The van der Waals surface area contributed by atoms with Crippen LogP contribution in [0.3, 0.4) is 0 Å². The zero-order chi connectivity index (χ0) is 21.1. The van der Waals surface area contributed by atoms with Crippen molar-refractivity contribution in [1.82, 2.24) is 10.2 Å². The minimum absolute atomic E-state index is 0.141. The van der Waals surface area contributed by atoms with Crippen molar-refractivity contribution in [2.45, 2.75) is 38.5 Å². The second kappa shape index (κ2) is 12.0. The molecule has 7 nitrogen and oxygen atoms in total. The van der Waals surface area contributed by atoms with E-state index in [1.54, 1.807) is 25.6 Å². The molecule has 1 atom stereocenters. The molecule has 0 saturated carbocycles. The molecule has 0 unspecified atom stereocenters. The van der Waals surface area contributed by atoms with Crippen LogP contribution in [0.4, 0.5) is 4.79 Å². The predicted molar refractivity (Wildman–Crippen MR) is 114 cm³/mol. The SMILES string of the molecule is CSCC[C@](CN1CCOCC1)(NC(=O)OCc1ccccc1)C(=O)OC(C)C. The minimum Gasteiger partial charge on any atom is -0.461 e. The highest BCUT2D eigenvalue weighted by atomic mass is 32.2. The Morgan fingerprint density at radius 2 is 1.93 bits per heavy atom. The molecule has 1 saturated heterocycles. The minimum atomic E-state index is -1.17. The number of carbonyl (C=O) groups excluding carboxylic acids is 2. The van der Waals surface area contributed by atoms with Crippen LogP contribution in [0.25, 0.3) is 0 Å². The first-order valence-corrected chi connectivity index (χ1v) is 11.3. The Morgan fingerprint density at radius 3 is 2.55 bits per heavy atom. The largest absolute Gasteiger partial charge is 0.461 e. The maximum atomic E-state index is 13.1. The fourth-order valence-electron chi connectivity index (χ4n) is 3.10. The van der Waals surface area contributed by atoms with Crippen LogP contribution in [0, 0.1) is 0 Å². The fraction of sp³-hybridized carbons (Fsp3) is 0.619. The van der Waals surface area contributed by atoms with Crippen LogP contribution in [0.1, 0.15) is 25.8 Å². The number of thioether (sulfide) groups is 1. The molecule has 1 fully saturated rings. The van der Waals surface area contributed by atoms with Gasteiger partial charge in [-0.3, -0.25) is 4.90 Å². The van der Waals surface area contributed by atoms with Gasteiger partial charge in [0.15, 0.2) is 5.54 Å². The molecule has 8 heteroatoms. The number of nitrogens with zero attached hydrogens (tertiary/aromatic N) is 1. The first-order chi connectivity index (χ1) is 13.9. The highest BCUT2D eigenvalue weighted by Gasteiger charge is 2.43. The second-order valence-corrected chi connectivity index (χ2v) is 8.34. The molecule has 1 aromatic carbocycles. The lowest BCUT2D eigenvalue weighted by Gasteiger charge is -2.38. The number of carbonyl (C=O) groups is 2. The normalized spacial score (nSPS) is 16.8. The van der Waals surface area contributed by atoms with Gasteiger partial charge in [0, 0.05) is 19.6 Å². The number of nitrogens with one attached hydrogen (secondary N) is 1. The molecule has 0 aromatic heterocycles. The lowest BCUT2D eigenvalue weighted by molar-refractivity contribution is -0.157. The number of esters is 1. The monoisotopic (exact) mass is 424 g/mol. The van der Waals surface area contributed by atoms with Crippen molar-refractivity contribution in [3.8, 4) is 0 Å². The molecule has 0 bridgehead atoms. The quantitative estimate of drug-likeness (QED) is 0.579. The zero-order valence-corrected chi connectivity index (χ0v) is 18.3. The van der Waals surface area contributed by atoms with Crippen molar-refractivity contribution in [3.63, 3.8) is 0 Å². The van der Waals surface area contributed by atoms with Gasteiger partial charge in [-0.15, -0.1) is 0 Å². The van der Waals surface area contributed by atoms with Crippen LogP contribution in [0.15, 0.2) is 30.3 Å². The predicted octanol–water partition coefficient (Wildman–Crippen LogP) is 2.69. The summed E-state index contributed by atoms with van der Waals surface area (Å²) in [4.78, 5) is 27.9. The van der Waals surface area contributed by atoms with Crippen molar-refractivity contribution >= 4 is 23.8 Å². The Morgan fingerprint density at radius 1 is 1.24 bits per heavy atom. The van der Waals surface area contributed by atoms with E-state index in [4.69, 9.17) is 14.2 Å². The molecule has 1 aliphatic rings. The summed E-state index contributed by atoms with van der Waals surface area (Å²) in [6.45, 7) is 6.74. The Kier molecular flexibility index (Phi) is 9.76. The van der Waals surface area contributed by atoms with E-state index >= 15 is 0 Å². The molecule has 1 aliphatic heterocycles. The molecule has 1 aromatic rings. The van der Waals surface area contributed by atoms with Crippen LogP contribution in [0.5, 0.6) is 0 Å². The van der Waals surface area contributed by atoms with Gasteiger partial charge in [-0.05, 0) is 37.8 Å². The van der Waals surface area contributed by atoms with Gasteiger partial charge >= 0.3 is 12.1 Å². The van der Waals surface area contributed by atoms with E-state index in [9.17, 15) is 9.59 Å². The Balaban J connectivity index is 2.14. The average Bonchev–Trinajstić information content (AvgIpc) is 2.71. The molecule has 1 N–H and O–H groups in total.